The molecule has 0 aliphatic heterocycles. The Hall–Kier alpha value is -2.03. The summed E-state index contributed by atoms with van der Waals surface area (Å²) in [5.74, 6) is -1.01. The Kier molecular flexibility index (Phi) is 4.28. The molecule has 1 N–H and O–H groups in total. The number of carbonyl (C=O) groups is 1. The predicted octanol–water partition coefficient (Wildman–Crippen LogP) is 0.974. The minimum absolute atomic E-state index is 0.187. The van der Waals surface area contributed by atoms with Gasteiger partial charge in [0.25, 0.3) is 0 Å². The van der Waals surface area contributed by atoms with E-state index in [9.17, 15) is 9.90 Å². The van der Waals surface area contributed by atoms with Crippen LogP contribution in [0.4, 0.5) is 0 Å². The van der Waals surface area contributed by atoms with Crippen molar-refractivity contribution < 1.29 is 9.90 Å². The van der Waals surface area contributed by atoms with Crippen molar-refractivity contribution in [3.05, 3.63) is 16.8 Å². The molecule has 0 amide bonds. The molecule has 0 aliphatic carbocycles. The van der Waals surface area contributed by atoms with Crippen LogP contribution in [-0.4, -0.2) is 41.5 Å². The number of aryl methyl sites for hydroxylation is 2. The number of aromatic nitrogens is 6. The largest absolute Gasteiger partial charge is 0.478 e. The van der Waals surface area contributed by atoms with Crippen molar-refractivity contribution in [2.45, 2.75) is 36.9 Å². The SMILES string of the molecule is CCc1nnc(Sc2nnnn2C)c(C(=O)O)c1CC. The van der Waals surface area contributed by atoms with Crippen LogP contribution in [0.2, 0.25) is 0 Å². The Bertz CT molecular complexity index is 642. The molecule has 0 atom stereocenters. The van der Waals surface area contributed by atoms with Crippen molar-refractivity contribution in [2.75, 3.05) is 0 Å². The molecule has 0 spiro atoms. The normalized spacial score (nSPS) is 10.8. The van der Waals surface area contributed by atoms with Crippen LogP contribution >= 0.6 is 11.8 Å². The van der Waals surface area contributed by atoms with Crippen LogP contribution in [0.25, 0.3) is 0 Å². The first-order valence-electron chi connectivity index (χ1n) is 6.10. The molecule has 0 radical (unpaired) electrons. The number of hydrogen-bond donors (Lipinski definition) is 1. The quantitative estimate of drug-likeness (QED) is 0.869. The average molecular weight is 294 g/mol. The lowest BCUT2D eigenvalue weighted by molar-refractivity contribution is 0.0690. The van der Waals surface area contributed by atoms with Gasteiger partial charge < -0.3 is 5.11 Å². The van der Waals surface area contributed by atoms with E-state index >= 15 is 0 Å². The summed E-state index contributed by atoms with van der Waals surface area (Å²) < 4.78 is 1.46. The molecule has 0 unspecified atom stereocenters. The highest BCUT2D eigenvalue weighted by molar-refractivity contribution is 7.99. The first-order valence-corrected chi connectivity index (χ1v) is 6.92. The minimum atomic E-state index is -1.01. The maximum atomic E-state index is 11.5. The molecule has 0 saturated carbocycles. The standard InChI is InChI=1S/C11H14N6O2S/c1-4-6-7(5-2)12-13-9(8(6)10(18)19)20-11-14-15-16-17(11)3/h4-5H2,1-3H3,(H,18,19). The van der Waals surface area contributed by atoms with E-state index in [1.54, 1.807) is 7.05 Å². The zero-order valence-corrected chi connectivity index (χ0v) is 12.2. The molecule has 0 saturated heterocycles. The average Bonchev–Trinajstić information content (AvgIpc) is 2.83. The Morgan fingerprint density at radius 1 is 1.25 bits per heavy atom. The number of tetrazole rings is 1. The summed E-state index contributed by atoms with van der Waals surface area (Å²) in [4.78, 5) is 11.5. The van der Waals surface area contributed by atoms with E-state index in [4.69, 9.17) is 0 Å². The predicted molar refractivity (Wildman–Crippen MR) is 70.7 cm³/mol. The molecule has 0 aliphatic rings. The van der Waals surface area contributed by atoms with Gasteiger partial charge in [-0.3, -0.25) is 0 Å². The molecule has 2 heterocycles. The van der Waals surface area contributed by atoms with Gasteiger partial charge in [-0.2, -0.15) is 5.10 Å². The lowest BCUT2D eigenvalue weighted by atomic mass is 10.0. The van der Waals surface area contributed by atoms with Crippen molar-refractivity contribution in [2.24, 2.45) is 7.05 Å². The van der Waals surface area contributed by atoms with E-state index in [1.165, 1.54) is 4.68 Å². The van der Waals surface area contributed by atoms with Crippen molar-refractivity contribution >= 4 is 17.7 Å². The van der Waals surface area contributed by atoms with Crippen molar-refractivity contribution in [1.29, 1.82) is 0 Å². The molecule has 0 bridgehead atoms. The van der Waals surface area contributed by atoms with Crippen LogP contribution in [0.15, 0.2) is 10.2 Å². The monoisotopic (exact) mass is 294 g/mol. The van der Waals surface area contributed by atoms with E-state index < -0.39 is 5.97 Å². The first-order chi connectivity index (χ1) is 9.58. The summed E-state index contributed by atoms with van der Waals surface area (Å²) in [6.45, 7) is 3.83. The van der Waals surface area contributed by atoms with Gasteiger partial charge in [0.05, 0.1) is 11.3 Å². The van der Waals surface area contributed by atoms with E-state index in [1.807, 2.05) is 13.8 Å². The van der Waals surface area contributed by atoms with Gasteiger partial charge in [-0.05, 0) is 40.6 Å². The van der Waals surface area contributed by atoms with E-state index in [0.717, 1.165) is 11.8 Å². The Labute approximate surface area is 119 Å². The van der Waals surface area contributed by atoms with Gasteiger partial charge in [0.1, 0.15) is 5.03 Å². The highest BCUT2D eigenvalue weighted by Crippen LogP contribution is 2.29. The summed E-state index contributed by atoms with van der Waals surface area (Å²) in [6.07, 6.45) is 1.23. The van der Waals surface area contributed by atoms with E-state index in [-0.39, 0.29) is 5.56 Å². The third-order valence-corrected chi connectivity index (χ3v) is 3.80. The number of rotatable bonds is 5. The van der Waals surface area contributed by atoms with Crippen LogP contribution < -0.4 is 0 Å². The molecule has 106 valence electrons. The van der Waals surface area contributed by atoms with Crippen molar-refractivity contribution in [1.82, 2.24) is 30.4 Å². The van der Waals surface area contributed by atoms with Crippen LogP contribution in [0.1, 0.15) is 35.5 Å². The maximum absolute atomic E-state index is 11.5. The van der Waals surface area contributed by atoms with Crippen LogP contribution in [0.5, 0.6) is 0 Å². The third kappa shape index (κ3) is 2.62. The molecule has 20 heavy (non-hydrogen) atoms. The lowest BCUT2D eigenvalue weighted by Crippen LogP contribution is -2.12. The fraction of sp³-hybridized carbons (Fsp3) is 0.455. The molecular formula is C11H14N6O2S. The second-order valence-electron chi connectivity index (χ2n) is 4.00. The number of hydrogen-bond acceptors (Lipinski definition) is 7. The Balaban J connectivity index is 2.53. The molecule has 8 nitrogen and oxygen atoms in total. The fourth-order valence-corrected chi connectivity index (χ4v) is 2.65. The van der Waals surface area contributed by atoms with Crippen LogP contribution in [0, 0.1) is 0 Å². The number of carboxylic acids is 1. The maximum Gasteiger partial charge on any atom is 0.338 e. The molecular weight excluding hydrogens is 280 g/mol. The highest BCUT2D eigenvalue weighted by Gasteiger charge is 2.22. The molecule has 9 heteroatoms. The smallest absolute Gasteiger partial charge is 0.338 e. The zero-order valence-electron chi connectivity index (χ0n) is 11.4. The minimum Gasteiger partial charge on any atom is -0.478 e. The zero-order chi connectivity index (χ0) is 14.7. The number of nitrogens with zero attached hydrogens (tertiary/aromatic N) is 6. The molecule has 2 aromatic heterocycles. The fourth-order valence-electron chi connectivity index (χ4n) is 1.84. The third-order valence-electron chi connectivity index (χ3n) is 2.80. The molecule has 2 aromatic rings. The van der Waals surface area contributed by atoms with Gasteiger partial charge in [0.2, 0.25) is 5.16 Å². The summed E-state index contributed by atoms with van der Waals surface area (Å²) >= 11 is 1.10. The van der Waals surface area contributed by atoms with Gasteiger partial charge in [0.15, 0.2) is 0 Å². The Morgan fingerprint density at radius 3 is 2.50 bits per heavy atom. The first kappa shape index (κ1) is 14.4. The van der Waals surface area contributed by atoms with Crippen molar-refractivity contribution in [3.8, 4) is 0 Å². The van der Waals surface area contributed by atoms with Crippen molar-refractivity contribution in [3.63, 3.8) is 0 Å². The lowest BCUT2D eigenvalue weighted by Gasteiger charge is -2.11. The van der Waals surface area contributed by atoms with E-state index in [2.05, 4.69) is 25.7 Å². The summed E-state index contributed by atoms with van der Waals surface area (Å²) in [5.41, 5.74) is 1.62. The van der Waals surface area contributed by atoms with Gasteiger partial charge in [-0.1, -0.05) is 13.8 Å². The second-order valence-corrected chi connectivity index (χ2v) is 4.96. The summed E-state index contributed by atoms with van der Waals surface area (Å²) in [7, 11) is 1.68. The summed E-state index contributed by atoms with van der Waals surface area (Å²) in [5, 5.41) is 29.4. The molecule has 0 fully saturated rings. The van der Waals surface area contributed by atoms with E-state index in [0.29, 0.717) is 34.3 Å². The van der Waals surface area contributed by atoms with Gasteiger partial charge in [-0.25, -0.2) is 9.48 Å². The molecule has 2 rings (SSSR count). The number of carboxylic acid groups (broad SMARTS) is 1. The number of aromatic carboxylic acids is 1. The van der Waals surface area contributed by atoms with Crippen LogP contribution in [0.3, 0.4) is 0 Å². The molecule has 0 aromatic carbocycles. The Morgan fingerprint density at radius 2 is 2.00 bits per heavy atom. The van der Waals surface area contributed by atoms with Gasteiger partial charge >= 0.3 is 5.97 Å². The topological polar surface area (TPSA) is 107 Å². The van der Waals surface area contributed by atoms with Gasteiger partial charge in [0, 0.05) is 7.05 Å². The highest BCUT2D eigenvalue weighted by atomic mass is 32.2. The summed E-state index contributed by atoms with van der Waals surface area (Å²) in [6, 6.07) is 0. The van der Waals surface area contributed by atoms with Crippen LogP contribution in [-0.2, 0) is 19.9 Å². The second kappa shape index (κ2) is 5.95. The van der Waals surface area contributed by atoms with Gasteiger partial charge in [-0.15, -0.1) is 10.2 Å².